The van der Waals surface area contributed by atoms with Crippen molar-refractivity contribution in [1.29, 1.82) is 0 Å². The van der Waals surface area contributed by atoms with Gasteiger partial charge in [-0.25, -0.2) is 0 Å². The molecule has 1 aromatic rings. The van der Waals surface area contributed by atoms with E-state index in [1.165, 1.54) is 0 Å². The number of likely N-dealkylation sites (tertiary alicyclic amines) is 1. The summed E-state index contributed by atoms with van der Waals surface area (Å²) in [4.78, 5) is 26.0. The maximum atomic E-state index is 12.2. The van der Waals surface area contributed by atoms with Crippen LogP contribution in [-0.2, 0) is 14.3 Å². The van der Waals surface area contributed by atoms with Gasteiger partial charge in [0.1, 0.15) is 0 Å². The molecule has 7 heteroatoms. The van der Waals surface area contributed by atoms with Crippen molar-refractivity contribution in [2.45, 2.75) is 19.8 Å². The largest absolute Gasteiger partial charge is 0.466 e. The molecule has 0 saturated carbocycles. The van der Waals surface area contributed by atoms with E-state index in [-0.39, 0.29) is 24.3 Å². The summed E-state index contributed by atoms with van der Waals surface area (Å²) in [6.45, 7) is 3.70. The highest BCUT2D eigenvalue weighted by Gasteiger charge is 2.27. The maximum absolute atomic E-state index is 12.2. The van der Waals surface area contributed by atoms with Crippen LogP contribution < -0.4 is 5.32 Å². The lowest BCUT2D eigenvalue weighted by atomic mass is 9.98. The predicted octanol–water partition coefficient (Wildman–Crippen LogP) is 3.21. The van der Waals surface area contributed by atoms with Gasteiger partial charge in [0.2, 0.25) is 5.91 Å². The zero-order valence-corrected chi connectivity index (χ0v) is 14.5. The highest BCUT2D eigenvalue weighted by molar-refractivity contribution is 6.35. The van der Waals surface area contributed by atoms with E-state index >= 15 is 0 Å². The van der Waals surface area contributed by atoms with Crippen LogP contribution >= 0.6 is 23.2 Å². The Morgan fingerprint density at radius 3 is 2.91 bits per heavy atom. The Morgan fingerprint density at radius 2 is 2.17 bits per heavy atom. The number of amides is 1. The van der Waals surface area contributed by atoms with E-state index in [9.17, 15) is 9.59 Å². The summed E-state index contributed by atoms with van der Waals surface area (Å²) in [5.41, 5.74) is 0.489. The fourth-order valence-corrected chi connectivity index (χ4v) is 2.97. The van der Waals surface area contributed by atoms with Gasteiger partial charge in [-0.05, 0) is 44.5 Å². The number of halogens is 2. The number of rotatable bonds is 5. The second kappa shape index (κ2) is 8.52. The molecule has 0 spiro atoms. The molecule has 1 aliphatic heterocycles. The zero-order chi connectivity index (χ0) is 16.8. The minimum Gasteiger partial charge on any atom is -0.466 e. The smallest absolute Gasteiger partial charge is 0.310 e. The Balaban J connectivity index is 1.89. The molecule has 1 N–H and O–H groups in total. The van der Waals surface area contributed by atoms with Crippen molar-refractivity contribution < 1.29 is 14.3 Å². The molecule has 0 bridgehead atoms. The molecular formula is C16H20Cl2N2O3. The van der Waals surface area contributed by atoms with Crippen molar-refractivity contribution in [3.05, 3.63) is 28.2 Å². The van der Waals surface area contributed by atoms with E-state index in [2.05, 4.69) is 5.32 Å². The van der Waals surface area contributed by atoms with Crippen molar-refractivity contribution in [2.24, 2.45) is 5.92 Å². The predicted molar refractivity (Wildman–Crippen MR) is 90.9 cm³/mol. The zero-order valence-electron chi connectivity index (χ0n) is 13.0. The van der Waals surface area contributed by atoms with Gasteiger partial charge in [0.05, 0.1) is 29.8 Å². The minimum atomic E-state index is -0.185. The molecule has 1 amide bonds. The average Bonchev–Trinajstić information content (AvgIpc) is 2.51. The number of anilines is 1. The third-order valence-corrected chi connectivity index (χ3v) is 4.26. The molecule has 2 rings (SSSR count). The number of carbonyl (C=O) groups is 2. The third-order valence-electron chi connectivity index (χ3n) is 3.70. The van der Waals surface area contributed by atoms with Crippen LogP contribution in [0.15, 0.2) is 18.2 Å². The van der Waals surface area contributed by atoms with E-state index in [4.69, 9.17) is 27.9 Å². The van der Waals surface area contributed by atoms with Crippen LogP contribution in [0.1, 0.15) is 19.8 Å². The Morgan fingerprint density at radius 1 is 1.39 bits per heavy atom. The summed E-state index contributed by atoms with van der Waals surface area (Å²) in [5, 5.41) is 3.69. The first-order valence-electron chi connectivity index (χ1n) is 7.63. The van der Waals surface area contributed by atoms with Gasteiger partial charge in [-0.2, -0.15) is 0 Å². The van der Waals surface area contributed by atoms with Crippen molar-refractivity contribution in [3.8, 4) is 0 Å². The first-order chi connectivity index (χ1) is 11.0. The van der Waals surface area contributed by atoms with E-state index < -0.39 is 0 Å². The fourth-order valence-electron chi connectivity index (χ4n) is 2.64. The monoisotopic (exact) mass is 358 g/mol. The third kappa shape index (κ3) is 5.37. The van der Waals surface area contributed by atoms with Crippen LogP contribution in [-0.4, -0.2) is 43.0 Å². The Kier molecular flexibility index (Phi) is 6.69. The van der Waals surface area contributed by atoms with Crippen molar-refractivity contribution in [3.63, 3.8) is 0 Å². The minimum absolute atomic E-state index is 0.161. The number of nitrogens with zero attached hydrogens (tertiary/aromatic N) is 1. The molecule has 126 valence electrons. The molecule has 1 fully saturated rings. The molecule has 1 heterocycles. The summed E-state index contributed by atoms with van der Waals surface area (Å²) >= 11 is 11.9. The van der Waals surface area contributed by atoms with Gasteiger partial charge < -0.3 is 10.1 Å². The molecule has 0 aromatic heterocycles. The Labute approximate surface area is 145 Å². The number of hydrogen-bond donors (Lipinski definition) is 1. The maximum Gasteiger partial charge on any atom is 0.310 e. The molecule has 1 saturated heterocycles. The molecule has 1 atom stereocenters. The van der Waals surface area contributed by atoms with Crippen LogP contribution in [0.3, 0.4) is 0 Å². The SMILES string of the molecule is CCOC(=O)[C@@H]1CCCN(CC(=O)Nc2cc(Cl)ccc2Cl)C1. The molecule has 0 unspecified atom stereocenters. The first kappa shape index (κ1) is 18.0. The summed E-state index contributed by atoms with van der Waals surface area (Å²) in [6, 6.07) is 4.91. The number of carbonyl (C=O) groups excluding carboxylic acids is 2. The number of hydrogen-bond acceptors (Lipinski definition) is 4. The van der Waals surface area contributed by atoms with Gasteiger partial charge >= 0.3 is 5.97 Å². The molecule has 0 aliphatic carbocycles. The van der Waals surface area contributed by atoms with Crippen LogP contribution in [0.25, 0.3) is 0 Å². The molecular weight excluding hydrogens is 339 g/mol. The number of esters is 1. The summed E-state index contributed by atoms with van der Waals surface area (Å²) < 4.78 is 5.06. The Bertz CT molecular complexity index is 580. The van der Waals surface area contributed by atoms with E-state index in [1.54, 1.807) is 25.1 Å². The van der Waals surface area contributed by atoms with Gasteiger partial charge in [-0.15, -0.1) is 0 Å². The second-order valence-corrected chi connectivity index (χ2v) is 6.34. The van der Waals surface area contributed by atoms with E-state index in [0.29, 0.717) is 28.9 Å². The lowest BCUT2D eigenvalue weighted by Crippen LogP contribution is -2.43. The van der Waals surface area contributed by atoms with E-state index in [1.807, 2.05) is 4.90 Å². The normalized spacial score (nSPS) is 18.5. The van der Waals surface area contributed by atoms with Gasteiger partial charge in [-0.1, -0.05) is 23.2 Å². The molecule has 1 aromatic carbocycles. The van der Waals surface area contributed by atoms with Gasteiger partial charge in [0, 0.05) is 11.6 Å². The quantitative estimate of drug-likeness (QED) is 0.821. The molecule has 5 nitrogen and oxygen atoms in total. The van der Waals surface area contributed by atoms with Crippen LogP contribution in [0.5, 0.6) is 0 Å². The Hall–Kier alpha value is -1.30. The summed E-state index contributed by atoms with van der Waals surface area (Å²) in [6.07, 6.45) is 1.67. The van der Waals surface area contributed by atoms with Crippen molar-refractivity contribution >= 4 is 40.8 Å². The standard InChI is InChI=1S/C16H20Cl2N2O3/c1-2-23-16(22)11-4-3-7-20(9-11)10-15(21)19-14-8-12(17)5-6-13(14)18/h5-6,8,11H,2-4,7,9-10H2,1H3,(H,19,21)/t11-/m1/s1. The topological polar surface area (TPSA) is 58.6 Å². The van der Waals surface area contributed by atoms with Crippen LogP contribution in [0.4, 0.5) is 5.69 Å². The summed E-state index contributed by atoms with van der Waals surface area (Å²) in [7, 11) is 0. The fraction of sp³-hybridized carbons (Fsp3) is 0.500. The highest BCUT2D eigenvalue weighted by atomic mass is 35.5. The van der Waals surface area contributed by atoms with E-state index in [0.717, 1.165) is 19.4 Å². The van der Waals surface area contributed by atoms with Gasteiger partial charge in [-0.3, -0.25) is 14.5 Å². The highest BCUT2D eigenvalue weighted by Crippen LogP contribution is 2.25. The van der Waals surface area contributed by atoms with Crippen LogP contribution in [0.2, 0.25) is 10.0 Å². The first-order valence-corrected chi connectivity index (χ1v) is 8.39. The van der Waals surface area contributed by atoms with Gasteiger partial charge in [0.15, 0.2) is 0 Å². The van der Waals surface area contributed by atoms with Crippen molar-refractivity contribution in [2.75, 3.05) is 31.6 Å². The van der Waals surface area contributed by atoms with Gasteiger partial charge in [0.25, 0.3) is 0 Å². The number of piperidine rings is 1. The molecule has 0 radical (unpaired) electrons. The van der Waals surface area contributed by atoms with Crippen molar-refractivity contribution in [1.82, 2.24) is 4.90 Å². The van der Waals surface area contributed by atoms with Crippen LogP contribution in [0, 0.1) is 5.92 Å². The lowest BCUT2D eigenvalue weighted by Gasteiger charge is -2.30. The number of benzene rings is 1. The average molecular weight is 359 g/mol. The number of ether oxygens (including phenoxy) is 1. The summed E-state index contributed by atoms with van der Waals surface area (Å²) in [5.74, 6) is -0.527. The second-order valence-electron chi connectivity index (χ2n) is 5.50. The molecule has 1 aliphatic rings. The molecule has 23 heavy (non-hydrogen) atoms. The number of nitrogens with one attached hydrogen (secondary N) is 1. The lowest BCUT2D eigenvalue weighted by molar-refractivity contribution is -0.150.